The van der Waals surface area contributed by atoms with E-state index in [9.17, 15) is 4.79 Å². The second-order valence-corrected chi connectivity index (χ2v) is 7.93. The summed E-state index contributed by atoms with van der Waals surface area (Å²) in [6.07, 6.45) is 6.50. The van der Waals surface area contributed by atoms with E-state index < -0.39 is 0 Å². The molecule has 1 aromatic rings. The molecule has 1 heterocycles. The second-order valence-electron chi connectivity index (χ2n) is 7.93. The number of carbonyl (C=O) groups is 1. The van der Waals surface area contributed by atoms with Crippen LogP contribution in [0.5, 0.6) is 0 Å². The number of likely N-dealkylation sites (tertiary alicyclic amines) is 1. The highest BCUT2D eigenvalue weighted by atomic mass is 35.5. The van der Waals surface area contributed by atoms with Crippen LogP contribution in [0.25, 0.3) is 0 Å². The zero-order chi connectivity index (χ0) is 16.7. The van der Waals surface area contributed by atoms with Crippen LogP contribution in [0, 0.1) is 17.8 Å². The van der Waals surface area contributed by atoms with Gasteiger partial charge in [-0.25, -0.2) is 0 Å². The fourth-order valence-corrected chi connectivity index (χ4v) is 5.18. The quantitative estimate of drug-likeness (QED) is 0.872. The van der Waals surface area contributed by atoms with Gasteiger partial charge in [-0.1, -0.05) is 18.6 Å². The molecule has 0 aromatic heterocycles. The molecule has 3 fully saturated rings. The standard InChI is InChI=1S/C20H28N2O2.ClH/c1-24-20(16-5-2-4-15(10-16)19(21)23)17-6-3-7-18(20)13-22(12-17)11-14-8-9-14;/h2,4-5,10,14,17-18H,3,6-9,11-13H2,1H3,(H2,21,23);1H/t17-,18+,20+;. The van der Waals surface area contributed by atoms with Crippen LogP contribution in [0.1, 0.15) is 48.0 Å². The zero-order valence-electron chi connectivity index (χ0n) is 14.9. The molecule has 2 N–H and O–H groups in total. The van der Waals surface area contributed by atoms with Crippen molar-refractivity contribution in [3.05, 3.63) is 35.4 Å². The molecule has 3 aliphatic rings. The van der Waals surface area contributed by atoms with Crippen molar-refractivity contribution < 1.29 is 9.53 Å². The Kier molecular flexibility index (Phi) is 5.42. The third kappa shape index (κ3) is 3.32. The van der Waals surface area contributed by atoms with Crippen LogP contribution in [0.4, 0.5) is 0 Å². The van der Waals surface area contributed by atoms with Gasteiger partial charge in [-0.2, -0.15) is 0 Å². The first-order valence-electron chi connectivity index (χ1n) is 9.31. The van der Waals surface area contributed by atoms with E-state index in [4.69, 9.17) is 10.5 Å². The van der Waals surface area contributed by atoms with Crippen molar-refractivity contribution in [2.45, 2.75) is 37.7 Å². The van der Waals surface area contributed by atoms with Crippen molar-refractivity contribution in [3.63, 3.8) is 0 Å². The number of nitrogens with two attached hydrogens (primary N) is 1. The molecule has 4 rings (SSSR count). The monoisotopic (exact) mass is 364 g/mol. The fourth-order valence-electron chi connectivity index (χ4n) is 5.18. The van der Waals surface area contributed by atoms with Gasteiger partial charge in [0.2, 0.25) is 5.91 Å². The van der Waals surface area contributed by atoms with E-state index in [1.165, 1.54) is 38.6 Å². The molecule has 1 amide bonds. The molecule has 0 radical (unpaired) electrons. The first-order chi connectivity index (χ1) is 11.6. The van der Waals surface area contributed by atoms with E-state index in [1.54, 1.807) is 6.07 Å². The van der Waals surface area contributed by atoms with E-state index in [0.717, 1.165) is 24.6 Å². The Balaban J connectivity index is 0.00000182. The molecule has 1 saturated heterocycles. The number of primary amides is 1. The van der Waals surface area contributed by atoms with E-state index in [0.29, 0.717) is 17.4 Å². The summed E-state index contributed by atoms with van der Waals surface area (Å²) in [6.45, 7) is 3.48. The number of methoxy groups -OCH3 is 1. The van der Waals surface area contributed by atoms with E-state index in [1.807, 2.05) is 19.2 Å². The first kappa shape index (κ1) is 18.7. The van der Waals surface area contributed by atoms with Gasteiger partial charge in [0, 0.05) is 44.1 Å². The van der Waals surface area contributed by atoms with Gasteiger partial charge in [-0.3, -0.25) is 4.79 Å². The Bertz CT molecular complexity index is 618. The summed E-state index contributed by atoms with van der Waals surface area (Å²) in [5, 5.41) is 0. The molecule has 0 spiro atoms. The molecule has 5 heteroatoms. The molecule has 1 aliphatic heterocycles. The van der Waals surface area contributed by atoms with Gasteiger partial charge >= 0.3 is 0 Å². The third-order valence-corrected chi connectivity index (χ3v) is 6.42. The predicted molar refractivity (Wildman–Crippen MR) is 101 cm³/mol. The van der Waals surface area contributed by atoms with Crippen molar-refractivity contribution >= 4 is 18.3 Å². The molecule has 2 aliphatic carbocycles. The van der Waals surface area contributed by atoms with E-state index in [2.05, 4.69) is 11.0 Å². The van der Waals surface area contributed by atoms with Crippen molar-refractivity contribution in [3.8, 4) is 0 Å². The molecule has 25 heavy (non-hydrogen) atoms. The zero-order valence-corrected chi connectivity index (χ0v) is 15.8. The van der Waals surface area contributed by atoms with Gasteiger partial charge in [0.15, 0.2) is 0 Å². The predicted octanol–water partition coefficient (Wildman–Crippen LogP) is 3.19. The molecule has 138 valence electrons. The number of ether oxygens (including phenoxy) is 1. The van der Waals surface area contributed by atoms with Gasteiger partial charge in [0.1, 0.15) is 5.60 Å². The summed E-state index contributed by atoms with van der Waals surface area (Å²) in [6, 6.07) is 7.83. The smallest absolute Gasteiger partial charge is 0.248 e. The van der Waals surface area contributed by atoms with Crippen molar-refractivity contribution in [2.75, 3.05) is 26.7 Å². The number of hydrogen-bond donors (Lipinski definition) is 1. The summed E-state index contributed by atoms with van der Waals surface area (Å²) in [7, 11) is 1.85. The summed E-state index contributed by atoms with van der Waals surface area (Å²) in [5.74, 6) is 1.56. The van der Waals surface area contributed by atoms with Gasteiger partial charge in [0.05, 0.1) is 0 Å². The van der Waals surface area contributed by atoms with Crippen molar-refractivity contribution in [2.24, 2.45) is 23.5 Å². The van der Waals surface area contributed by atoms with Crippen LogP contribution in [-0.4, -0.2) is 37.6 Å². The van der Waals surface area contributed by atoms with Gasteiger partial charge in [-0.05, 0) is 49.3 Å². The van der Waals surface area contributed by atoms with Gasteiger partial charge in [-0.15, -0.1) is 12.4 Å². The lowest BCUT2D eigenvalue weighted by Gasteiger charge is -2.55. The second kappa shape index (κ2) is 7.26. The Hall–Kier alpha value is -1.10. The SMILES string of the molecule is CO[C@@]1(c2cccc(C(N)=O)c2)[C@@H]2CCC[C@H]1CN(CC1CC1)C2.Cl. The highest BCUT2D eigenvalue weighted by Gasteiger charge is 2.53. The van der Waals surface area contributed by atoms with Crippen LogP contribution in [0.15, 0.2) is 24.3 Å². The van der Waals surface area contributed by atoms with Crippen LogP contribution in [-0.2, 0) is 10.3 Å². The third-order valence-electron chi connectivity index (χ3n) is 6.42. The summed E-state index contributed by atoms with van der Waals surface area (Å²) >= 11 is 0. The van der Waals surface area contributed by atoms with Crippen molar-refractivity contribution in [1.29, 1.82) is 0 Å². The topological polar surface area (TPSA) is 55.6 Å². The minimum atomic E-state index is -0.362. The number of piperidine rings is 1. The average Bonchev–Trinajstić information content (AvgIpc) is 3.38. The lowest BCUT2D eigenvalue weighted by atomic mass is 9.62. The molecule has 1 aromatic carbocycles. The number of hydrogen-bond acceptors (Lipinski definition) is 3. The number of fused-ring (bicyclic) bond motifs is 2. The van der Waals surface area contributed by atoms with Gasteiger partial charge < -0.3 is 15.4 Å². The number of carbonyl (C=O) groups excluding carboxylic acids is 1. The Labute approximate surface area is 156 Å². The summed E-state index contributed by atoms with van der Waals surface area (Å²) in [5.41, 5.74) is 6.97. The highest BCUT2D eigenvalue weighted by molar-refractivity contribution is 5.92. The normalized spacial score (nSPS) is 32.0. The Morgan fingerprint density at radius 3 is 2.48 bits per heavy atom. The molecule has 0 unspecified atom stereocenters. The largest absolute Gasteiger partial charge is 0.373 e. The maximum atomic E-state index is 11.6. The molecule has 4 nitrogen and oxygen atoms in total. The first-order valence-corrected chi connectivity index (χ1v) is 9.31. The fraction of sp³-hybridized carbons (Fsp3) is 0.650. The van der Waals surface area contributed by atoms with Crippen LogP contribution in [0.3, 0.4) is 0 Å². The maximum Gasteiger partial charge on any atom is 0.248 e. The van der Waals surface area contributed by atoms with Gasteiger partial charge in [0.25, 0.3) is 0 Å². The maximum absolute atomic E-state index is 11.6. The summed E-state index contributed by atoms with van der Waals surface area (Å²) < 4.78 is 6.26. The molecule has 3 atom stereocenters. The Morgan fingerprint density at radius 1 is 1.24 bits per heavy atom. The van der Waals surface area contributed by atoms with Crippen LogP contribution in [0.2, 0.25) is 0 Å². The summed E-state index contributed by atoms with van der Waals surface area (Å²) in [4.78, 5) is 14.3. The highest BCUT2D eigenvalue weighted by Crippen LogP contribution is 2.52. The minimum absolute atomic E-state index is 0. The van der Waals surface area contributed by atoms with E-state index >= 15 is 0 Å². The molecular formula is C20H29ClN2O2. The lowest BCUT2D eigenvalue weighted by molar-refractivity contribution is -0.169. The number of rotatable bonds is 5. The lowest BCUT2D eigenvalue weighted by Crippen LogP contribution is -2.59. The number of halogens is 1. The molecule has 2 bridgehead atoms. The number of amides is 1. The van der Waals surface area contributed by atoms with Crippen LogP contribution >= 0.6 is 12.4 Å². The molecule has 2 saturated carbocycles. The molecular weight excluding hydrogens is 336 g/mol. The van der Waals surface area contributed by atoms with E-state index in [-0.39, 0.29) is 23.9 Å². The minimum Gasteiger partial charge on any atom is -0.373 e. The Morgan fingerprint density at radius 2 is 1.92 bits per heavy atom. The number of nitrogens with zero attached hydrogens (tertiary/aromatic N) is 1. The van der Waals surface area contributed by atoms with Crippen LogP contribution < -0.4 is 5.73 Å². The average molecular weight is 365 g/mol. The van der Waals surface area contributed by atoms with Crippen molar-refractivity contribution in [1.82, 2.24) is 4.90 Å². The number of benzene rings is 1.